The van der Waals surface area contributed by atoms with Crippen LogP contribution in [0.15, 0.2) is 24.4 Å². The Morgan fingerprint density at radius 1 is 1.28 bits per heavy atom. The van der Waals surface area contributed by atoms with E-state index in [1.54, 1.807) is 14.2 Å². The number of imidazole rings is 1. The van der Waals surface area contributed by atoms with Crippen molar-refractivity contribution in [2.24, 2.45) is 0 Å². The van der Waals surface area contributed by atoms with E-state index in [4.69, 9.17) is 21.7 Å². The van der Waals surface area contributed by atoms with Gasteiger partial charge in [-0.05, 0) is 31.3 Å². The summed E-state index contributed by atoms with van der Waals surface area (Å²) in [6.07, 6.45) is 1.90. The van der Waals surface area contributed by atoms with Crippen molar-refractivity contribution in [2.75, 3.05) is 14.2 Å². The molecule has 1 aromatic carbocycles. The van der Waals surface area contributed by atoms with E-state index >= 15 is 0 Å². The smallest absolute Gasteiger partial charge is 0.177 e. The van der Waals surface area contributed by atoms with E-state index in [-0.39, 0.29) is 0 Å². The fraction of sp³-hybridized carbons (Fsp3) is 0.308. The summed E-state index contributed by atoms with van der Waals surface area (Å²) in [6.45, 7) is 2.70. The number of ether oxygens (including phenoxy) is 2. The monoisotopic (exact) mass is 264 g/mol. The average molecular weight is 264 g/mol. The Morgan fingerprint density at radius 3 is 2.61 bits per heavy atom. The number of aryl methyl sites for hydroxylation is 1. The molecule has 1 N–H and O–H groups in total. The van der Waals surface area contributed by atoms with Crippen LogP contribution >= 0.6 is 12.2 Å². The molecule has 2 aromatic rings. The van der Waals surface area contributed by atoms with Crippen LogP contribution in [-0.2, 0) is 6.54 Å². The van der Waals surface area contributed by atoms with Crippen LogP contribution in [0.25, 0.3) is 0 Å². The van der Waals surface area contributed by atoms with Crippen molar-refractivity contribution in [3.8, 4) is 11.5 Å². The third kappa shape index (κ3) is 2.41. The summed E-state index contributed by atoms with van der Waals surface area (Å²) < 4.78 is 13.3. The number of benzene rings is 1. The molecule has 0 spiro atoms. The lowest BCUT2D eigenvalue weighted by atomic mass is 10.2. The molecular weight excluding hydrogens is 248 g/mol. The lowest BCUT2D eigenvalue weighted by molar-refractivity contribution is 0.390. The first-order chi connectivity index (χ1) is 8.65. The molecule has 0 aliphatic heterocycles. The van der Waals surface area contributed by atoms with Crippen molar-refractivity contribution < 1.29 is 9.47 Å². The van der Waals surface area contributed by atoms with Crippen LogP contribution in [0.5, 0.6) is 11.5 Å². The molecule has 0 unspecified atom stereocenters. The van der Waals surface area contributed by atoms with E-state index in [0.717, 1.165) is 22.8 Å². The van der Waals surface area contributed by atoms with Gasteiger partial charge in [-0.25, -0.2) is 0 Å². The quantitative estimate of drug-likeness (QED) is 0.863. The molecule has 0 atom stereocenters. The van der Waals surface area contributed by atoms with Crippen LogP contribution in [-0.4, -0.2) is 23.8 Å². The van der Waals surface area contributed by atoms with Gasteiger partial charge in [0.1, 0.15) is 11.5 Å². The Hall–Kier alpha value is -1.75. The van der Waals surface area contributed by atoms with Crippen LogP contribution in [0.3, 0.4) is 0 Å². The molecule has 1 aromatic heterocycles. The van der Waals surface area contributed by atoms with Crippen LogP contribution in [0.2, 0.25) is 0 Å². The van der Waals surface area contributed by atoms with Crippen molar-refractivity contribution in [2.45, 2.75) is 13.5 Å². The van der Waals surface area contributed by atoms with E-state index < -0.39 is 0 Å². The fourth-order valence-electron chi connectivity index (χ4n) is 1.83. The Morgan fingerprint density at radius 2 is 2.06 bits per heavy atom. The molecule has 0 amide bonds. The minimum absolute atomic E-state index is 0.682. The van der Waals surface area contributed by atoms with Gasteiger partial charge >= 0.3 is 0 Å². The molecule has 0 fully saturated rings. The van der Waals surface area contributed by atoms with Crippen molar-refractivity contribution in [3.63, 3.8) is 0 Å². The van der Waals surface area contributed by atoms with E-state index in [2.05, 4.69) is 4.98 Å². The molecule has 0 bridgehead atoms. The number of nitrogens with one attached hydrogen (secondary N) is 1. The first kappa shape index (κ1) is 12.7. The maximum atomic E-state index is 5.38. The number of hydrogen-bond donors (Lipinski definition) is 1. The molecule has 18 heavy (non-hydrogen) atoms. The Labute approximate surface area is 111 Å². The zero-order chi connectivity index (χ0) is 13.1. The number of nitrogens with zero attached hydrogens (tertiary/aromatic N) is 1. The highest BCUT2D eigenvalue weighted by molar-refractivity contribution is 7.71. The van der Waals surface area contributed by atoms with Gasteiger partial charge < -0.3 is 19.0 Å². The summed E-state index contributed by atoms with van der Waals surface area (Å²) >= 11 is 5.24. The van der Waals surface area contributed by atoms with Gasteiger partial charge in [0.2, 0.25) is 0 Å². The highest BCUT2D eigenvalue weighted by Gasteiger charge is 2.07. The first-order valence-corrected chi connectivity index (χ1v) is 6.02. The van der Waals surface area contributed by atoms with Crippen LogP contribution in [0, 0.1) is 11.7 Å². The number of methoxy groups -OCH3 is 2. The highest BCUT2D eigenvalue weighted by atomic mass is 32.1. The van der Waals surface area contributed by atoms with E-state index in [1.807, 2.05) is 35.9 Å². The zero-order valence-corrected chi connectivity index (χ0v) is 11.5. The molecule has 0 aliphatic rings. The summed E-state index contributed by atoms with van der Waals surface area (Å²) in [7, 11) is 3.29. The zero-order valence-electron chi connectivity index (χ0n) is 10.7. The molecule has 0 saturated heterocycles. The second kappa shape index (κ2) is 5.27. The third-order valence-electron chi connectivity index (χ3n) is 2.90. The largest absolute Gasteiger partial charge is 0.497 e. The van der Waals surface area contributed by atoms with Crippen LogP contribution in [0.1, 0.15) is 11.3 Å². The molecule has 0 radical (unpaired) electrons. The molecule has 5 heteroatoms. The predicted octanol–water partition coefficient (Wildman–Crippen LogP) is 2.92. The lowest BCUT2D eigenvalue weighted by Crippen LogP contribution is -2.03. The van der Waals surface area contributed by atoms with E-state index in [1.165, 1.54) is 0 Å². The summed E-state index contributed by atoms with van der Waals surface area (Å²) in [5.41, 5.74) is 2.16. The summed E-state index contributed by atoms with van der Waals surface area (Å²) in [6, 6.07) is 5.79. The predicted molar refractivity (Wildman–Crippen MR) is 73.0 cm³/mol. The van der Waals surface area contributed by atoms with E-state index in [9.17, 15) is 0 Å². The van der Waals surface area contributed by atoms with Gasteiger partial charge in [-0.1, -0.05) is 0 Å². The highest BCUT2D eigenvalue weighted by Crippen LogP contribution is 2.25. The summed E-state index contributed by atoms with van der Waals surface area (Å²) in [5, 5.41) is 0. The van der Waals surface area contributed by atoms with Gasteiger partial charge in [0.05, 0.1) is 20.8 Å². The average Bonchev–Trinajstić information content (AvgIpc) is 2.71. The van der Waals surface area contributed by atoms with Crippen molar-refractivity contribution in [3.05, 3.63) is 40.4 Å². The third-order valence-corrected chi connectivity index (χ3v) is 3.24. The molecule has 2 rings (SSSR count). The summed E-state index contributed by atoms with van der Waals surface area (Å²) in [4.78, 5) is 3.03. The molecule has 0 saturated carbocycles. The van der Waals surface area contributed by atoms with Gasteiger partial charge in [0, 0.05) is 23.5 Å². The van der Waals surface area contributed by atoms with E-state index in [0.29, 0.717) is 11.3 Å². The van der Waals surface area contributed by atoms with Crippen molar-refractivity contribution in [1.82, 2.24) is 9.55 Å². The number of H-pyrrole nitrogens is 1. The minimum atomic E-state index is 0.682. The second-order valence-corrected chi connectivity index (χ2v) is 4.39. The minimum Gasteiger partial charge on any atom is -0.497 e. The number of aromatic nitrogens is 2. The van der Waals surface area contributed by atoms with Crippen molar-refractivity contribution in [1.29, 1.82) is 0 Å². The van der Waals surface area contributed by atoms with Crippen LogP contribution in [0.4, 0.5) is 0 Å². The molecular formula is C13H16N2O2S. The molecule has 96 valence electrons. The standard InChI is InChI=1S/C13H16N2O2S/c1-9-7-14-13(18)15(9)8-10-4-5-11(16-2)6-12(10)17-3/h4-7H,8H2,1-3H3,(H,14,18). The maximum Gasteiger partial charge on any atom is 0.177 e. The topological polar surface area (TPSA) is 39.2 Å². The Balaban J connectivity index is 2.37. The second-order valence-electron chi connectivity index (χ2n) is 4.00. The van der Waals surface area contributed by atoms with Gasteiger partial charge in [-0.3, -0.25) is 0 Å². The molecule has 4 nitrogen and oxygen atoms in total. The number of aromatic amines is 1. The molecule has 1 heterocycles. The normalized spacial score (nSPS) is 10.4. The fourth-order valence-corrected chi connectivity index (χ4v) is 2.10. The number of rotatable bonds is 4. The number of hydrogen-bond acceptors (Lipinski definition) is 3. The van der Waals surface area contributed by atoms with Gasteiger partial charge in [-0.15, -0.1) is 0 Å². The van der Waals surface area contributed by atoms with Crippen LogP contribution < -0.4 is 9.47 Å². The summed E-state index contributed by atoms with van der Waals surface area (Å²) in [5.74, 6) is 1.59. The lowest BCUT2D eigenvalue weighted by Gasteiger charge is -2.12. The first-order valence-electron chi connectivity index (χ1n) is 5.61. The Kier molecular flexibility index (Phi) is 3.72. The molecule has 0 aliphatic carbocycles. The van der Waals surface area contributed by atoms with Crippen molar-refractivity contribution >= 4 is 12.2 Å². The van der Waals surface area contributed by atoms with Gasteiger partial charge in [0.15, 0.2) is 4.77 Å². The van der Waals surface area contributed by atoms with Gasteiger partial charge in [-0.2, -0.15) is 0 Å². The Bertz CT molecular complexity index is 601. The maximum absolute atomic E-state index is 5.38. The van der Waals surface area contributed by atoms with Gasteiger partial charge in [0.25, 0.3) is 0 Å². The SMILES string of the molecule is COc1ccc(Cn2c(C)c[nH]c2=S)c(OC)c1.